The van der Waals surface area contributed by atoms with E-state index in [1.165, 1.54) is 18.1 Å². The van der Waals surface area contributed by atoms with Gasteiger partial charge in [-0.2, -0.15) is 0 Å². The third-order valence-corrected chi connectivity index (χ3v) is 4.57. The highest BCUT2D eigenvalue weighted by Gasteiger charge is 2.34. The van der Waals surface area contributed by atoms with Crippen molar-refractivity contribution in [3.63, 3.8) is 0 Å². The van der Waals surface area contributed by atoms with Gasteiger partial charge in [-0.25, -0.2) is 0 Å². The second kappa shape index (κ2) is 9.23. The van der Waals surface area contributed by atoms with E-state index in [1.54, 1.807) is 55.7 Å². The van der Waals surface area contributed by atoms with Gasteiger partial charge in [-0.3, -0.25) is 19.8 Å². The molecule has 0 unspecified atom stereocenters. The number of hydrogen-bond acceptors (Lipinski definition) is 6. The van der Waals surface area contributed by atoms with Crippen LogP contribution in [0.1, 0.15) is 5.56 Å². The fourth-order valence-corrected chi connectivity index (χ4v) is 3.11. The molecule has 0 atom stereocenters. The number of benzene rings is 2. The predicted molar refractivity (Wildman–Crippen MR) is 118 cm³/mol. The molecule has 30 heavy (non-hydrogen) atoms. The summed E-state index contributed by atoms with van der Waals surface area (Å²) in [5.41, 5.74) is 1.06. The molecule has 0 spiro atoms. The zero-order valence-electron chi connectivity index (χ0n) is 16.5. The summed E-state index contributed by atoms with van der Waals surface area (Å²) in [6, 6.07) is 11.9. The van der Waals surface area contributed by atoms with Crippen molar-refractivity contribution in [1.82, 2.24) is 5.32 Å². The van der Waals surface area contributed by atoms with E-state index in [0.29, 0.717) is 35.1 Å². The molecule has 2 amide bonds. The van der Waals surface area contributed by atoms with Crippen molar-refractivity contribution in [3.8, 4) is 17.2 Å². The number of ether oxygens (including phenoxy) is 3. The number of rotatable bonds is 7. The minimum absolute atomic E-state index is 0.0121. The van der Waals surface area contributed by atoms with E-state index in [4.69, 9.17) is 26.4 Å². The third kappa shape index (κ3) is 4.33. The SMILES string of the molecule is C=CCOc1ccc(C=C2C(=O)NC(=S)N(c3ccc(OC)cc3)C2=O)cc1OC. The Morgan fingerprint density at radius 2 is 1.80 bits per heavy atom. The Balaban J connectivity index is 1.94. The van der Waals surface area contributed by atoms with Crippen molar-refractivity contribution in [2.75, 3.05) is 25.7 Å². The largest absolute Gasteiger partial charge is 0.497 e. The molecule has 0 aliphatic carbocycles. The van der Waals surface area contributed by atoms with Gasteiger partial charge in [-0.1, -0.05) is 18.7 Å². The molecule has 0 aromatic heterocycles. The molecule has 3 rings (SSSR count). The Labute approximate surface area is 179 Å². The van der Waals surface area contributed by atoms with Crippen LogP contribution in [0.4, 0.5) is 5.69 Å². The van der Waals surface area contributed by atoms with Gasteiger partial charge in [0, 0.05) is 0 Å². The van der Waals surface area contributed by atoms with E-state index >= 15 is 0 Å². The van der Waals surface area contributed by atoms with Crippen LogP contribution in [0.25, 0.3) is 6.08 Å². The van der Waals surface area contributed by atoms with Crippen molar-refractivity contribution in [3.05, 3.63) is 66.3 Å². The summed E-state index contributed by atoms with van der Waals surface area (Å²) in [6.07, 6.45) is 3.10. The minimum Gasteiger partial charge on any atom is -0.497 e. The highest BCUT2D eigenvalue weighted by atomic mass is 32.1. The molecule has 1 N–H and O–H groups in total. The van der Waals surface area contributed by atoms with Crippen LogP contribution in [0, 0.1) is 0 Å². The summed E-state index contributed by atoms with van der Waals surface area (Å²) in [6.45, 7) is 3.94. The van der Waals surface area contributed by atoms with Crippen LogP contribution in [-0.4, -0.2) is 37.8 Å². The van der Waals surface area contributed by atoms with E-state index in [9.17, 15) is 9.59 Å². The lowest BCUT2D eigenvalue weighted by atomic mass is 10.1. The van der Waals surface area contributed by atoms with Crippen LogP contribution in [0.3, 0.4) is 0 Å². The van der Waals surface area contributed by atoms with Gasteiger partial charge < -0.3 is 14.2 Å². The van der Waals surface area contributed by atoms with Crippen molar-refractivity contribution >= 4 is 40.9 Å². The molecule has 2 aromatic carbocycles. The molecule has 1 saturated heterocycles. The number of amides is 2. The van der Waals surface area contributed by atoms with Crippen molar-refractivity contribution in [2.24, 2.45) is 0 Å². The number of thiocarbonyl (C=S) groups is 1. The van der Waals surface area contributed by atoms with Crippen molar-refractivity contribution < 1.29 is 23.8 Å². The van der Waals surface area contributed by atoms with E-state index < -0.39 is 11.8 Å². The smallest absolute Gasteiger partial charge is 0.270 e. The zero-order valence-corrected chi connectivity index (χ0v) is 17.3. The van der Waals surface area contributed by atoms with Gasteiger partial charge in [-0.05, 0) is 60.3 Å². The molecule has 1 aliphatic heterocycles. The van der Waals surface area contributed by atoms with E-state index in [-0.39, 0.29) is 10.7 Å². The van der Waals surface area contributed by atoms with Crippen LogP contribution in [0.2, 0.25) is 0 Å². The topological polar surface area (TPSA) is 77.1 Å². The lowest BCUT2D eigenvalue weighted by Crippen LogP contribution is -2.54. The Bertz CT molecular complexity index is 1030. The third-order valence-electron chi connectivity index (χ3n) is 4.29. The van der Waals surface area contributed by atoms with Gasteiger partial charge in [0.25, 0.3) is 11.8 Å². The van der Waals surface area contributed by atoms with Gasteiger partial charge in [0.05, 0.1) is 19.9 Å². The van der Waals surface area contributed by atoms with E-state index in [0.717, 1.165) is 0 Å². The van der Waals surface area contributed by atoms with E-state index in [1.807, 2.05) is 0 Å². The number of anilines is 1. The molecular formula is C22H20N2O5S. The van der Waals surface area contributed by atoms with Gasteiger partial charge in [0.15, 0.2) is 16.6 Å². The van der Waals surface area contributed by atoms with Crippen molar-refractivity contribution in [2.45, 2.75) is 0 Å². The molecule has 1 heterocycles. The quantitative estimate of drug-likeness (QED) is 0.319. The Hall–Kier alpha value is -3.65. The summed E-state index contributed by atoms with van der Waals surface area (Å²) >= 11 is 5.21. The molecule has 0 bridgehead atoms. The predicted octanol–water partition coefficient (Wildman–Crippen LogP) is 3.10. The first kappa shape index (κ1) is 21.1. The lowest BCUT2D eigenvalue weighted by Gasteiger charge is -2.29. The standard InChI is InChI=1S/C22H20N2O5S/c1-4-11-29-18-10-5-14(13-19(18)28-3)12-17-20(25)23-22(30)24(21(17)26)15-6-8-16(27-2)9-7-15/h4-10,12-13H,1,11H2,2-3H3,(H,23,25,30). The second-order valence-electron chi connectivity index (χ2n) is 6.17. The fraction of sp³-hybridized carbons (Fsp3) is 0.136. The number of methoxy groups -OCH3 is 2. The van der Waals surface area contributed by atoms with Gasteiger partial charge >= 0.3 is 0 Å². The fourth-order valence-electron chi connectivity index (χ4n) is 2.83. The molecule has 7 nitrogen and oxygen atoms in total. The Kier molecular flexibility index (Phi) is 6.48. The zero-order chi connectivity index (χ0) is 21.7. The number of nitrogens with one attached hydrogen (secondary N) is 1. The molecule has 1 fully saturated rings. The highest BCUT2D eigenvalue weighted by molar-refractivity contribution is 7.80. The summed E-state index contributed by atoms with van der Waals surface area (Å²) in [5, 5.41) is 2.57. The van der Waals surface area contributed by atoms with Crippen LogP contribution in [-0.2, 0) is 9.59 Å². The number of nitrogens with zero attached hydrogens (tertiary/aromatic N) is 1. The van der Waals surface area contributed by atoms with Gasteiger partial charge in [-0.15, -0.1) is 0 Å². The number of hydrogen-bond donors (Lipinski definition) is 1. The average Bonchev–Trinajstić information content (AvgIpc) is 2.75. The first-order chi connectivity index (χ1) is 14.5. The van der Waals surface area contributed by atoms with Gasteiger partial charge in [0.1, 0.15) is 17.9 Å². The Morgan fingerprint density at radius 3 is 2.43 bits per heavy atom. The molecule has 8 heteroatoms. The molecule has 154 valence electrons. The monoisotopic (exact) mass is 424 g/mol. The maximum absolute atomic E-state index is 13.1. The average molecular weight is 424 g/mol. The summed E-state index contributed by atoms with van der Waals surface area (Å²) in [4.78, 5) is 26.8. The summed E-state index contributed by atoms with van der Waals surface area (Å²) in [5.74, 6) is 0.540. The lowest BCUT2D eigenvalue weighted by molar-refractivity contribution is -0.122. The minimum atomic E-state index is -0.569. The van der Waals surface area contributed by atoms with Crippen LogP contribution in [0.5, 0.6) is 17.2 Å². The maximum Gasteiger partial charge on any atom is 0.270 e. The first-order valence-corrected chi connectivity index (χ1v) is 9.36. The number of carbonyl (C=O) groups is 2. The second-order valence-corrected chi connectivity index (χ2v) is 6.55. The molecule has 1 aliphatic rings. The van der Waals surface area contributed by atoms with Gasteiger partial charge in [0.2, 0.25) is 0 Å². The Morgan fingerprint density at radius 1 is 1.07 bits per heavy atom. The molecule has 2 aromatic rings. The van der Waals surface area contributed by atoms with Crippen molar-refractivity contribution in [1.29, 1.82) is 0 Å². The first-order valence-electron chi connectivity index (χ1n) is 8.95. The van der Waals surface area contributed by atoms with Crippen LogP contribution in [0.15, 0.2) is 60.7 Å². The van der Waals surface area contributed by atoms with E-state index in [2.05, 4.69) is 11.9 Å². The molecule has 0 radical (unpaired) electrons. The normalized spacial score (nSPS) is 15.1. The van der Waals surface area contributed by atoms with Crippen LogP contribution >= 0.6 is 12.2 Å². The molecular weight excluding hydrogens is 404 g/mol. The summed E-state index contributed by atoms with van der Waals surface area (Å²) in [7, 11) is 3.06. The van der Waals surface area contributed by atoms with Crippen LogP contribution < -0.4 is 24.4 Å². The highest BCUT2D eigenvalue weighted by Crippen LogP contribution is 2.30. The maximum atomic E-state index is 13.1. The molecule has 0 saturated carbocycles. The number of carbonyl (C=O) groups excluding carboxylic acids is 2. The summed E-state index contributed by atoms with van der Waals surface area (Å²) < 4.78 is 16.0.